The van der Waals surface area contributed by atoms with Crippen LogP contribution in [0, 0.1) is 5.41 Å². The van der Waals surface area contributed by atoms with Crippen LogP contribution in [-0.2, 0) is 19.4 Å². The van der Waals surface area contributed by atoms with E-state index in [1.54, 1.807) is 0 Å². The number of hydrogen-bond acceptors (Lipinski definition) is 4. The second kappa shape index (κ2) is 4.49. The van der Waals surface area contributed by atoms with Gasteiger partial charge in [-0.05, 0) is 18.3 Å². The molecule has 0 saturated heterocycles. The number of aliphatic carboxylic acids is 1. The summed E-state index contributed by atoms with van der Waals surface area (Å²) in [6.45, 7) is 0.172. The molecule has 1 rings (SSSR count). The summed E-state index contributed by atoms with van der Waals surface area (Å²) < 4.78 is 27.8. The van der Waals surface area contributed by atoms with Crippen molar-refractivity contribution in [2.45, 2.75) is 19.3 Å². The summed E-state index contributed by atoms with van der Waals surface area (Å²) in [5, 5.41) is 8.64. The van der Waals surface area contributed by atoms with Crippen molar-refractivity contribution in [1.29, 1.82) is 0 Å². The van der Waals surface area contributed by atoms with Crippen LogP contribution in [0.15, 0.2) is 0 Å². The van der Waals surface area contributed by atoms with Crippen molar-refractivity contribution in [3.8, 4) is 0 Å². The molecule has 0 spiro atoms. The number of ether oxygens (including phenoxy) is 1. The van der Waals surface area contributed by atoms with E-state index < -0.39 is 21.2 Å². The number of carbonyl (C=O) groups is 1. The molecule has 0 aliphatic heterocycles. The van der Waals surface area contributed by atoms with Gasteiger partial charge in [0.1, 0.15) is 0 Å². The van der Waals surface area contributed by atoms with Gasteiger partial charge in [-0.2, -0.15) is 0 Å². The summed E-state index contributed by atoms with van der Waals surface area (Å²) in [5.41, 5.74) is -0.488. The lowest BCUT2D eigenvalue weighted by molar-refractivity contribution is -0.138. The smallest absolute Gasteiger partial charge is 0.303 e. The Labute approximate surface area is 89.3 Å². The Balaban J connectivity index is 2.50. The zero-order valence-corrected chi connectivity index (χ0v) is 9.55. The first kappa shape index (κ1) is 12.4. The number of hydrogen-bond donors (Lipinski definition) is 1. The summed E-state index contributed by atoms with van der Waals surface area (Å²) >= 11 is 0. The van der Waals surface area contributed by atoms with E-state index >= 15 is 0 Å². The van der Waals surface area contributed by atoms with E-state index in [2.05, 4.69) is 0 Å². The molecule has 0 radical (unpaired) electrons. The maximum atomic E-state index is 11.6. The summed E-state index contributed by atoms with van der Waals surface area (Å²) in [4.78, 5) is 10.5. The van der Waals surface area contributed by atoms with Gasteiger partial charge in [0.2, 0.25) is 0 Å². The highest BCUT2D eigenvalue weighted by molar-refractivity contribution is 7.91. The third kappa shape index (κ3) is 4.17. The molecule has 0 heterocycles. The Morgan fingerprint density at radius 2 is 2.07 bits per heavy atom. The van der Waals surface area contributed by atoms with Gasteiger partial charge in [-0.15, -0.1) is 0 Å². The Morgan fingerprint density at radius 1 is 1.47 bits per heavy atom. The van der Waals surface area contributed by atoms with Crippen LogP contribution in [0.5, 0.6) is 0 Å². The van der Waals surface area contributed by atoms with E-state index in [0.717, 1.165) is 0 Å². The van der Waals surface area contributed by atoms with Gasteiger partial charge >= 0.3 is 5.97 Å². The first-order valence-electron chi connectivity index (χ1n) is 4.80. The molecule has 0 atom stereocenters. The zero-order chi connectivity index (χ0) is 11.5. The standard InChI is InChI=1S/C9H16O5S/c1-14-4-5-15(12,13)7-9(2-3-9)6-8(10)11/h2-7H2,1H3,(H,10,11). The fourth-order valence-corrected chi connectivity index (χ4v) is 3.51. The second-order valence-corrected chi connectivity index (χ2v) is 6.34. The lowest BCUT2D eigenvalue weighted by Gasteiger charge is -2.12. The van der Waals surface area contributed by atoms with Gasteiger partial charge in [0.05, 0.1) is 24.5 Å². The third-order valence-electron chi connectivity index (χ3n) is 2.61. The first-order valence-corrected chi connectivity index (χ1v) is 6.62. The molecular weight excluding hydrogens is 220 g/mol. The SMILES string of the molecule is COCCS(=O)(=O)CC1(CC(=O)O)CC1. The highest BCUT2D eigenvalue weighted by Crippen LogP contribution is 2.49. The van der Waals surface area contributed by atoms with Crippen LogP contribution >= 0.6 is 0 Å². The minimum Gasteiger partial charge on any atom is -0.481 e. The van der Waals surface area contributed by atoms with Crippen molar-refractivity contribution in [2.75, 3.05) is 25.2 Å². The average Bonchev–Trinajstić information content (AvgIpc) is 2.79. The van der Waals surface area contributed by atoms with Crippen molar-refractivity contribution in [3.63, 3.8) is 0 Å². The molecule has 5 nitrogen and oxygen atoms in total. The van der Waals surface area contributed by atoms with Gasteiger partial charge in [-0.1, -0.05) is 0 Å². The predicted octanol–water partition coefficient (Wildman–Crippen LogP) is 0.302. The molecule has 0 aromatic heterocycles. The Morgan fingerprint density at radius 3 is 2.47 bits per heavy atom. The van der Waals surface area contributed by atoms with Crippen molar-refractivity contribution in [3.05, 3.63) is 0 Å². The van der Waals surface area contributed by atoms with E-state index in [0.29, 0.717) is 12.8 Å². The minimum absolute atomic E-state index is 0.0182. The monoisotopic (exact) mass is 236 g/mol. The van der Waals surface area contributed by atoms with Gasteiger partial charge in [0.25, 0.3) is 0 Å². The maximum Gasteiger partial charge on any atom is 0.303 e. The number of carboxylic acids is 1. The number of sulfone groups is 1. The predicted molar refractivity (Wildman–Crippen MR) is 54.4 cm³/mol. The van der Waals surface area contributed by atoms with Crippen LogP contribution < -0.4 is 0 Å². The van der Waals surface area contributed by atoms with E-state index in [9.17, 15) is 13.2 Å². The molecule has 1 saturated carbocycles. The fourth-order valence-electron chi connectivity index (χ4n) is 1.62. The normalized spacial score (nSPS) is 18.7. The lowest BCUT2D eigenvalue weighted by atomic mass is 10.1. The molecule has 0 bridgehead atoms. The van der Waals surface area contributed by atoms with Crippen LogP contribution in [0.4, 0.5) is 0 Å². The van der Waals surface area contributed by atoms with E-state index in [-0.39, 0.29) is 24.5 Å². The molecule has 1 N–H and O–H groups in total. The first-order chi connectivity index (χ1) is 6.89. The van der Waals surface area contributed by atoms with Gasteiger partial charge < -0.3 is 9.84 Å². The van der Waals surface area contributed by atoms with Crippen molar-refractivity contribution < 1.29 is 23.1 Å². The Bertz CT molecular complexity index is 328. The van der Waals surface area contributed by atoms with Gasteiger partial charge in [-0.3, -0.25) is 4.79 Å². The molecule has 0 amide bonds. The topological polar surface area (TPSA) is 80.7 Å². The molecule has 1 fully saturated rings. The largest absolute Gasteiger partial charge is 0.481 e. The average molecular weight is 236 g/mol. The number of rotatable bonds is 7. The molecule has 0 aromatic carbocycles. The molecular formula is C9H16O5S. The summed E-state index contributed by atoms with van der Waals surface area (Å²) in [6.07, 6.45) is 1.36. The molecule has 88 valence electrons. The lowest BCUT2D eigenvalue weighted by Crippen LogP contribution is -2.24. The van der Waals surface area contributed by atoms with E-state index in [1.165, 1.54) is 7.11 Å². The maximum absolute atomic E-state index is 11.6. The van der Waals surface area contributed by atoms with Crippen LogP contribution in [0.2, 0.25) is 0 Å². The van der Waals surface area contributed by atoms with Crippen molar-refractivity contribution in [2.24, 2.45) is 5.41 Å². The minimum atomic E-state index is -3.17. The summed E-state index contributed by atoms with van der Waals surface area (Å²) in [6, 6.07) is 0. The quantitative estimate of drug-likeness (QED) is 0.687. The van der Waals surface area contributed by atoms with Crippen LogP contribution in [0.1, 0.15) is 19.3 Å². The van der Waals surface area contributed by atoms with Gasteiger partial charge in [-0.25, -0.2) is 8.42 Å². The summed E-state index contributed by atoms with van der Waals surface area (Å²) in [5.74, 6) is -0.963. The molecule has 1 aliphatic carbocycles. The van der Waals surface area contributed by atoms with E-state index in [1.807, 2.05) is 0 Å². The third-order valence-corrected chi connectivity index (χ3v) is 4.45. The van der Waals surface area contributed by atoms with Gasteiger partial charge in [0, 0.05) is 7.11 Å². The van der Waals surface area contributed by atoms with Crippen molar-refractivity contribution >= 4 is 15.8 Å². The Kier molecular flexibility index (Phi) is 3.72. The highest BCUT2D eigenvalue weighted by Gasteiger charge is 2.47. The number of methoxy groups -OCH3 is 1. The van der Waals surface area contributed by atoms with E-state index in [4.69, 9.17) is 9.84 Å². The van der Waals surface area contributed by atoms with Crippen LogP contribution in [0.25, 0.3) is 0 Å². The number of carboxylic acid groups (broad SMARTS) is 1. The van der Waals surface area contributed by atoms with Crippen molar-refractivity contribution in [1.82, 2.24) is 0 Å². The highest BCUT2D eigenvalue weighted by atomic mass is 32.2. The zero-order valence-electron chi connectivity index (χ0n) is 8.73. The van der Waals surface area contributed by atoms with Gasteiger partial charge in [0.15, 0.2) is 9.84 Å². The Hall–Kier alpha value is -0.620. The summed E-state index contributed by atoms with van der Waals surface area (Å²) in [7, 11) is -1.73. The second-order valence-electron chi connectivity index (χ2n) is 4.16. The fraction of sp³-hybridized carbons (Fsp3) is 0.889. The molecule has 6 heteroatoms. The van der Waals surface area contributed by atoms with Crippen LogP contribution in [0.3, 0.4) is 0 Å². The molecule has 15 heavy (non-hydrogen) atoms. The molecule has 1 aliphatic rings. The molecule has 0 unspecified atom stereocenters. The molecule has 0 aromatic rings. The van der Waals surface area contributed by atoms with Crippen LogP contribution in [-0.4, -0.2) is 44.7 Å².